The van der Waals surface area contributed by atoms with E-state index < -0.39 is 35.1 Å². The molecule has 11 unspecified atom stereocenters. The molecule has 4 N–H and O–H groups in total. The molecule has 0 radical (unpaired) electrons. The zero-order valence-electron chi connectivity index (χ0n) is 21.6. The molecule has 0 spiro atoms. The van der Waals surface area contributed by atoms with Crippen molar-refractivity contribution < 1.29 is 25.2 Å². The highest BCUT2D eigenvalue weighted by Crippen LogP contribution is 2.75. The van der Waals surface area contributed by atoms with Gasteiger partial charge in [0.25, 0.3) is 0 Å². The number of carboxylic acids is 1. The van der Waals surface area contributed by atoms with Gasteiger partial charge in [-0.1, -0.05) is 45.9 Å². The van der Waals surface area contributed by atoms with Crippen molar-refractivity contribution in [1.29, 1.82) is 0 Å². The summed E-state index contributed by atoms with van der Waals surface area (Å²) < 4.78 is 0. The Kier molecular flexibility index (Phi) is 5.19. The second-order valence-corrected chi connectivity index (χ2v) is 13.6. The number of hydrogen-bond acceptors (Lipinski definition) is 4. The lowest BCUT2D eigenvalue weighted by Gasteiger charge is -2.71. The molecule has 0 aromatic rings. The van der Waals surface area contributed by atoms with E-state index in [9.17, 15) is 25.2 Å². The molecule has 0 amide bonds. The van der Waals surface area contributed by atoms with Crippen molar-refractivity contribution in [1.82, 2.24) is 0 Å². The Morgan fingerprint density at radius 2 is 1.74 bits per heavy atom. The smallest absolute Gasteiger partial charge is 0.310 e. The van der Waals surface area contributed by atoms with Gasteiger partial charge in [-0.2, -0.15) is 0 Å². The normalized spacial score (nSPS) is 56.9. The molecule has 5 aliphatic rings. The highest BCUT2D eigenvalue weighted by molar-refractivity contribution is 5.77. The van der Waals surface area contributed by atoms with Crippen LogP contribution in [0.25, 0.3) is 0 Å². The molecule has 0 saturated heterocycles. The molecule has 4 saturated carbocycles. The van der Waals surface area contributed by atoms with Gasteiger partial charge in [0, 0.05) is 11.8 Å². The van der Waals surface area contributed by atoms with Gasteiger partial charge >= 0.3 is 5.97 Å². The third kappa shape index (κ3) is 2.70. The minimum absolute atomic E-state index is 0.0285. The lowest BCUT2D eigenvalue weighted by atomic mass is 9.34. The quantitative estimate of drug-likeness (QED) is 0.415. The summed E-state index contributed by atoms with van der Waals surface area (Å²) >= 11 is 0. The fourth-order valence-corrected chi connectivity index (χ4v) is 10.2. The van der Waals surface area contributed by atoms with Crippen LogP contribution in [0, 0.1) is 45.3 Å². The van der Waals surface area contributed by atoms with Crippen molar-refractivity contribution >= 4 is 5.97 Å². The van der Waals surface area contributed by atoms with Crippen LogP contribution in [0.4, 0.5) is 0 Å². The molecule has 0 heterocycles. The third-order valence-electron chi connectivity index (χ3n) is 12.5. The van der Waals surface area contributed by atoms with E-state index in [2.05, 4.69) is 40.3 Å². The lowest BCUT2D eigenvalue weighted by Crippen LogP contribution is -2.68. The Bertz CT molecular complexity index is 952. The Labute approximate surface area is 204 Å². The molecule has 0 aromatic heterocycles. The van der Waals surface area contributed by atoms with E-state index in [0.29, 0.717) is 31.6 Å². The minimum Gasteiger partial charge on any atom is -0.481 e. The predicted molar refractivity (Wildman–Crippen MR) is 131 cm³/mol. The number of aliphatic hydroxyl groups excluding tert-OH is 2. The summed E-state index contributed by atoms with van der Waals surface area (Å²) in [7, 11) is 0. The molecule has 0 aromatic carbocycles. The number of hydrogen-bond donors (Lipinski definition) is 4. The maximum atomic E-state index is 12.8. The fraction of sp³-hybridized carbons (Fsp3) is 0.828. The first-order valence-corrected chi connectivity index (χ1v) is 13.4. The maximum absolute atomic E-state index is 12.8. The first-order valence-electron chi connectivity index (χ1n) is 13.4. The summed E-state index contributed by atoms with van der Waals surface area (Å²) in [5.74, 6) is -0.973. The van der Waals surface area contributed by atoms with Crippen LogP contribution >= 0.6 is 0 Å². The molecule has 0 aliphatic heterocycles. The van der Waals surface area contributed by atoms with Crippen LogP contribution in [-0.2, 0) is 4.79 Å². The molecular weight excluding hydrogens is 428 g/mol. The van der Waals surface area contributed by atoms with Gasteiger partial charge in [-0.25, -0.2) is 0 Å². The average molecular weight is 473 g/mol. The molecule has 5 rings (SSSR count). The van der Waals surface area contributed by atoms with Crippen LogP contribution in [-0.4, -0.2) is 44.2 Å². The zero-order chi connectivity index (χ0) is 25.1. The number of carbonyl (C=O) groups is 1. The van der Waals surface area contributed by atoms with Gasteiger partial charge < -0.3 is 20.4 Å². The van der Waals surface area contributed by atoms with Crippen LogP contribution in [0.15, 0.2) is 23.8 Å². The maximum Gasteiger partial charge on any atom is 0.310 e. The highest BCUT2D eigenvalue weighted by atomic mass is 16.4. The van der Waals surface area contributed by atoms with Gasteiger partial charge in [-0.3, -0.25) is 4.79 Å². The van der Waals surface area contributed by atoms with Crippen molar-refractivity contribution in [2.24, 2.45) is 45.3 Å². The predicted octanol–water partition coefficient (Wildman–Crippen LogP) is 4.71. The summed E-state index contributed by atoms with van der Waals surface area (Å²) in [5, 5.41) is 44.4. The molecule has 5 heteroatoms. The summed E-state index contributed by atoms with van der Waals surface area (Å²) in [6.45, 7) is 15.0. The largest absolute Gasteiger partial charge is 0.481 e. The molecule has 5 nitrogen and oxygen atoms in total. The zero-order valence-corrected chi connectivity index (χ0v) is 21.6. The van der Waals surface area contributed by atoms with Gasteiger partial charge in [-0.05, 0) is 91.9 Å². The molecular formula is C29H44O5. The van der Waals surface area contributed by atoms with E-state index in [1.807, 2.05) is 6.92 Å². The molecule has 34 heavy (non-hydrogen) atoms. The number of fused-ring (bicyclic) bond motifs is 7. The number of aliphatic carboxylic acids is 1. The van der Waals surface area contributed by atoms with Gasteiger partial charge in [0.1, 0.15) is 0 Å². The second-order valence-electron chi connectivity index (χ2n) is 13.6. The summed E-state index contributed by atoms with van der Waals surface area (Å²) in [6, 6.07) is 0. The number of allylic oxidation sites excluding steroid dienone is 1. The van der Waals surface area contributed by atoms with Gasteiger partial charge in [0.05, 0.1) is 23.2 Å². The molecule has 5 aliphatic carbocycles. The van der Waals surface area contributed by atoms with E-state index in [0.717, 1.165) is 36.8 Å². The van der Waals surface area contributed by atoms with Crippen molar-refractivity contribution in [3.63, 3.8) is 0 Å². The Balaban J connectivity index is 1.66. The van der Waals surface area contributed by atoms with Gasteiger partial charge in [0.15, 0.2) is 0 Å². The van der Waals surface area contributed by atoms with Crippen LogP contribution < -0.4 is 0 Å². The molecule has 190 valence electrons. The topological polar surface area (TPSA) is 98.0 Å². The van der Waals surface area contributed by atoms with E-state index >= 15 is 0 Å². The molecule has 11 atom stereocenters. The van der Waals surface area contributed by atoms with Crippen molar-refractivity contribution in [2.75, 3.05) is 0 Å². The van der Waals surface area contributed by atoms with Crippen LogP contribution in [0.2, 0.25) is 0 Å². The van der Waals surface area contributed by atoms with E-state index in [-0.39, 0.29) is 28.1 Å². The first kappa shape index (κ1) is 24.5. The third-order valence-corrected chi connectivity index (χ3v) is 12.5. The minimum atomic E-state index is -1.09. The van der Waals surface area contributed by atoms with Crippen LogP contribution in [0.5, 0.6) is 0 Å². The number of carboxylic acid groups (broad SMARTS) is 1. The Morgan fingerprint density at radius 3 is 2.38 bits per heavy atom. The Hall–Kier alpha value is -1.17. The fourth-order valence-electron chi connectivity index (χ4n) is 10.2. The van der Waals surface area contributed by atoms with E-state index in [4.69, 9.17) is 0 Å². The van der Waals surface area contributed by atoms with E-state index in [1.165, 1.54) is 0 Å². The van der Waals surface area contributed by atoms with Gasteiger partial charge in [-0.15, -0.1) is 0 Å². The number of aliphatic hydroxyl groups is 3. The van der Waals surface area contributed by atoms with Crippen molar-refractivity contribution in [3.8, 4) is 0 Å². The van der Waals surface area contributed by atoms with Crippen LogP contribution in [0.3, 0.4) is 0 Å². The average Bonchev–Trinajstić information content (AvgIpc) is 2.74. The van der Waals surface area contributed by atoms with Crippen molar-refractivity contribution in [3.05, 3.63) is 23.8 Å². The highest BCUT2D eigenvalue weighted by Gasteiger charge is 2.71. The first-order chi connectivity index (χ1) is 15.7. The molecule has 4 fully saturated rings. The standard InChI is InChI=1S/C29H44O5/c1-16-9-12-29(24(32)33)14-13-26(4)18(23(29)28(16,6)34)7-8-21-25(3)11-10-19(30)17(2)22(25)20(31)15-27(21,26)5/h7,16,19-23,30-31,34H,2,8-15H2,1,3-6H3,(H,32,33). The monoisotopic (exact) mass is 472 g/mol. The molecule has 0 bridgehead atoms. The SMILES string of the molecule is C=C1C(O)CCC2(C)C1C(O)CC1(C)C2CC=C2C3C(C(=O)O)(CCC(C)C3(C)O)CCC21C. The lowest BCUT2D eigenvalue weighted by molar-refractivity contribution is -0.211. The summed E-state index contributed by atoms with van der Waals surface area (Å²) in [4.78, 5) is 12.8. The van der Waals surface area contributed by atoms with Crippen LogP contribution in [0.1, 0.15) is 86.0 Å². The number of rotatable bonds is 1. The second kappa shape index (κ2) is 7.20. The van der Waals surface area contributed by atoms with Crippen molar-refractivity contribution in [2.45, 2.75) is 104 Å². The summed E-state index contributed by atoms with van der Waals surface area (Å²) in [6.07, 6.45) is 6.79. The van der Waals surface area contributed by atoms with E-state index in [1.54, 1.807) is 0 Å². The summed E-state index contributed by atoms with van der Waals surface area (Å²) in [5.41, 5.74) is -0.804. The van der Waals surface area contributed by atoms with Gasteiger partial charge in [0.2, 0.25) is 0 Å². The Morgan fingerprint density at radius 1 is 1.06 bits per heavy atom.